The molecule has 0 fully saturated rings. The van der Waals surface area contributed by atoms with E-state index in [0.29, 0.717) is 17.8 Å². The smallest absolute Gasteiger partial charge is 0.314 e. The van der Waals surface area contributed by atoms with Crippen molar-refractivity contribution in [1.29, 1.82) is 0 Å². The molecule has 3 aromatic rings. The SMILES string of the molecule is Cc1ccc(C(Cc2ncc(-c3nnc(C(F)F)o3)cn2)CN(C)S(C)(=O)=O)cc1. The Morgan fingerprint density at radius 3 is 2.27 bits per heavy atom. The molecule has 0 spiro atoms. The second kappa shape index (κ2) is 8.92. The third-order valence-corrected chi connectivity index (χ3v) is 5.88. The van der Waals surface area contributed by atoms with Gasteiger partial charge in [0.25, 0.3) is 11.8 Å². The highest BCUT2D eigenvalue weighted by Gasteiger charge is 2.22. The summed E-state index contributed by atoms with van der Waals surface area (Å²) in [5.41, 5.74) is 2.37. The summed E-state index contributed by atoms with van der Waals surface area (Å²) in [6.45, 7) is 2.23. The quantitative estimate of drug-likeness (QED) is 0.534. The van der Waals surface area contributed by atoms with Crippen LogP contribution in [0.2, 0.25) is 0 Å². The van der Waals surface area contributed by atoms with Crippen molar-refractivity contribution in [2.24, 2.45) is 0 Å². The zero-order valence-corrected chi connectivity index (χ0v) is 17.5. The van der Waals surface area contributed by atoms with E-state index in [2.05, 4.69) is 20.2 Å². The zero-order chi connectivity index (χ0) is 21.9. The van der Waals surface area contributed by atoms with Crippen molar-refractivity contribution in [3.05, 3.63) is 59.5 Å². The van der Waals surface area contributed by atoms with Crippen molar-refractivity contribution in [3.8, 4) is 11.5 Å². The van der Waals surface area contributed by atoms with Crippen molar-refractivity contribution in [2.45, 2.75) is 25.7 Å². The second-order valence-electron chi connectivity index (χ2n) is 6.99. The summed E-state index contributed by atoms with van der Waals surface area (Å²) in [6.07, 6.45) is 1.51. The predicted octanol–water partition coefficient (Wildman–Crippen LogP) is 2.99. The molecule has 30 heavy (non-hydrogen) atoms. The van der Waals surface area contributed by atoms with Crippen LogP contribution in [0.4, 0.5) is 8.78 Å². The van der Waals surface area contributed by atoms with Gasteiger partial charge >= 0.3 is 6.43 Å². The van der Waals surface area contributed by atoms with Crippen LogP contribution in [-0.2, 0) is 16.4 Å². The summed E-state index contributed by atoms with van der Waals surface area (Å²) in [7, 11) is -1.83. The first-order valence-electron chi connectivity index (χ1n) is 9.04. The highest BCUT2D eigenvalue weighted by molar-refractivity contribution is 7.88. The number of alkyl halides is 2. The molecular weight excluding hydrogens is 416 g/mol. The molecule has 11 heteroatoms. The van der Waals surface area contributed by atoms with E-state index in [4.69, 9.17) is 4.42 Å². The third-order valence-electron chi connectivity index (χ3n) is 4.60. The molecule has 1 atom stereocenters. The molecule has 0 saturated carbocycles. The van der Waals surface area contributed by atoms with Crippen LogP contribution in [0.5, 0.6) is 0 Å². The summed E-state index contributed by atoms with van der Waals surface area (Å²) in [5.74, 6) is -0.564. The predicted molar refractivity (Wildman–Crippen MR) is 105 cm³/mol. The maximum absolute atomic E-state index is 12.6. The minimum Gasteiger partial charge on any atom is -0.415 e. The van der Waals surface area contributed by atoms with Gasteiger partial charge < -0.3 is 4.42 Å². The fourth-order valence-corrected chi connectivity index (χ4v) is 3.25. The van der Waals surface area contributed by atoms with Crippen molar-refractivity contribution >= 4 is 10.0 Å². The van der Waals surface area contributed by atoms with Gasteiger partial charge in [0.05, 0.1) is 11.8 Å². The fourth-order valence-electron chi connectivity index (χ4n) is 2.80. The van der Waals surface area contributed by atoms with Gasteiger partial charge in [0, 0.05) is 38.3 Å². The molecule has 0 saturated heterocycles. The van der Waals surface area contributed by atoms with Gasteiger partial charge in [-0.3, -0.25) is 0 Å². The number of hydrogen-bond donors (Lipinski definition) is 0. The van der Waals surface area contributed by atoms with Gasteiger partial charge in [0.2, 0.25) is 10.0 Å². The molecule has 3 rings (SSSR count). The van der Waals surface area contributed by atoms with Gasteiger partial charge in [0.15, 0.2) is 0 Å². The first-order chi connectivity index (χ1) is 14.1. The van der Waals surface area contributed by atoms with Crippen LogP contribution in [0.15, 0.2) is 41.1 Å². The Kier molecular flexibility index (Phi) is 6.52. The molecule has 160 valence electrons. The maximum Gasteiger partial charge on any atom is 0.314 e. The van der Waals surface area contributed by atoms with Crippen molar-refractivity contribution in [2.75, 3.05) is 19.8 Å². The van der Waals surface area contributed by atoms with Crippen molar-refractivity contribution < 1.29 is 21.6 Å². The van der Waals surface area contributed by atoms with Gasteiger partial charge in [-0.15, -0.1) is 10.2 Å². The van der Waals surface area contributed by atoms with Crippen molar-refractivity contribution in [1.82, 2.24) is 24.5 Å². The van der Waals surface area contributed by atoms with Crippen LogP contribution in [0.1, 0.15) is 35.2 Å². The van der Waals surface area contributed by atoms with E-state index in [1.807, 2.05) is 31.2 Å². The molecule has 0 aliphatic heterocycles. The van der Waals surface area contributed by atoms with Gasteiger partial charge in [-0.05, 0) is 12.5 Å². The number of aromatic nitrogens is 4. The molecule has 0 aliphatic rings. The van der Waals surface area contributed by atoms with E-state index in [1.54, 1.807) is 0 Å². The number of nitrogens with zero attached hydrogens (tertiary/aromatic N) is 5. The third kappa shape index (κ3) is 5.42. The van der Waals surface area contributed by atoms with Gasteiger partial charge in [-0.1, -0.05) is 29.8 Å². The van der Waals surface area contributed by atoms with Crippen LogP contribution < -0.4 is 0 Å². The Hall–Kier alpha value is -2.79. The topological polar surface area (TPSA) is 102 Å². The lowest BCUT2D eigenvalue weighted by atomic mass is 9.94. The largest absolute Gasteiger partial charge is 0.415 e. The van der Waals surface area contributed by atoms with Gasteiger partial charge in [-0.2, -0.15) is 8.78 Å². The lowest BCUT2D eigenvalue weighted by Crippen LogP contribution is -2.31. The Morgan fingerprint density at radius 2 is 1.73 bits per heavy atom. The molecule has 1 aromatic carbocycles. The molecule has 0 bridgehead atoms. The molecule has 8 nitrogen and oxygen atoms in total. The number of hydrogen-bond acceptors (Lipinski definition) is 7. The summed E-state index contributed by atoms with van der Waals surface area (Å²) in [6, 6.07) is 7.83. The summed E-state index contributed by atoms with van der Waals surface area (Å²) < 4.78 is 55.1. The average Bonchev–Trinajstić information content (AvgIpc) is 3.18. The molecule has 2 aromatic heterocycles. The van der Waals surface area contributed by atoms with E-state index in [-0.39, 0.29) is 18.4 Å². The minimum absolute atomic E-state index is 0.0938. The number of aryl methyl sites for hydroxylation is 1. The Morgan fingerprint density at radius 1 is 1.10 bits per heavy atom. The Balaban J connectivity index is 1.81. The molecule has 0 aliphatic carbocycles. The number of benzene rings is 1. The highest BCUT2D eigenvalue weighted by atomic mass is 32.2. The van der Waals surface area contributed by atoms with Crippen LogP contribution in [0, 0.1) is 6.92 Å². The van der Waals surface area contributed by atoms with Crippen molar-refractivity contribution in [3.63, 3.8) is 0 Å². The number of sulfonamides is 1. The van der Waals surface area contributed by atoms with E-state index >= 15 is 0 Å². The summed E-state index contributed by atoms with van der Waals surface area (Å²) in [4.78, 5) is 8.53. The van der Waals surface area contributed by atoms with Crippen LogP contribution in [0.3, 0.4) is 0 Å². The molecule has 2 heterocycles. The standard InChI is InChI=1S/C19H21F2N5O3S/c1-12-4-6-13(7-5-12)14(11-26(2)30(3,27)28)8-16-22-9-15(10-23-16)18-24-25-19(29-18)17(20)21/h4-7,9-10,14,17H,8,11H2,1-3H3. The monoisotopic (exact) mass is 437 g/mol. The van der Waals surface area contributed by atoms with E-state index < -0.39 is 22.3 Å². The zero-order valence-electron chi connectivity index (χ0n) is 16.7. The van der Waals surface area contributed by atoms with E-state index in [1.165, 1.54) is 23.7 Å². The lowest BCUT2D eigenvalue weighted by molar-refractivity contribution is 0.116. The van der Waals surface area contributed by atoms with Gasteiger partial charge in [-0.25, -0.2) is 22.7 Å². The molecule has 1 unspecified atom stereocenters. The first-order valence-corrected chi connectivity index (χ1v) is 10.9. The fraction of sp³-hybridized carbons (Fsp3) is 0.368. The Bertz CT molecular complexity index is 1090. The molecular formula is C19H21F2N5O3S. The van der Waals surface area contributed by atoms with Crippen LogP contribution >= 0.6 is 0 Å². The minimum atomic E-state index is -3.35. The molecule has 0 amide bonds. The van der Waals surface area contributed by atoms with Crippen LogP contribution in [0.25, 0.3) is 11.5 Å². The molecule has 0 radical (unpaired) electrons. The van der Waals surface area contributed by atoms with E-state index in [0.717, 1.165) is 17.4 Å². The Labute approximate surface area is 173 Å². The summed E-state index contributed by atoms with van der Waals surface area (Å²) >= 11 is 0. The second-order valence-corrected chi connectivity index (χ2v) is 9.08. The lowest BCUT2D eigenvalue weighted by Gasteiger charge is -2.22. The summed E-state index contributed by atoms with van der Waals surface area (Å²) in [5, 5.41) is 6.85. The number of halogens is 2. The van der Waals surface area contributed by atoms with E-state index in [9.17, 15) is 17.2 Å². The maximum atomic E-state index is 12.6. The first kappa shape index (κ1) is 21.9. The average molecular weight is 437 g/mol. The van der Waals surface area contributed by atoms with Crippen LogP contribution in [-0.4, -0.2) is 52.7 Å². The highest BCUT2D eigenvalue weighted by Crippen LogP contribution is 2.24. The normalized spacial score (nSPS) is 13.2. The number of likely N-dealkylation sites (N-methyl/N-ethyl adjacent to an activating group) is 1. The molecule has 0 N–H and O–H groups in total. The van der Waals surface area contributed by atoms with Gasteiger partial charge in [0.1, 0.15) is 5.82 Å². The number of rotatable bonds is 8.